The van der Waals surface area contributed by atoms with E-state index in [-0.39, 0.29) is 18.0 Å². The van der Waals surface area contributed by atoms with Gasteiger partial charge in [0.05, 0.1) is 11.3 Å². The molecule has 1 fully saturated rings. The minimum atomic E-state index is -0.286. The standard InChI is InChI=1S/C21H22N2O3S/c1-27-19-9-5-3-7-17(19)20(24)22-12-10-16(11-13-22)23-18-8-4-2-6-15(18)14-26-21(23)25/h2-9,16H,10-14H2,1H3. The second kappa shape index (κ2) is 7.64. The van der Waals surface area contributed by atoms with Gasteiger partial charge in [0.2, 0.25) is 0 Å². The van der Waals surface area contributed by atoms with Gasteiger partial charge in [0.1, 0.15) is 6.61 Å². The largest absolute Gasteiger partial charge is 0.444 e. The molecule has 0 unspecified atom stereocenters. The molecule has 0 spiro atoms. The minimum Gasteiger partial charge on any atom is -0.444 e. The summed E-state index contributed by atoms with van der Waals surface area (Å²) < 4.78 is 5.35. The molecule has 140 valence electrons. The van der Waals surface area contributed by atoms with Crippen molar-refractivity contribution >= 4 is 29.4 Å². The van der Waals surface area contributed by atoms with E-state index < -0.39 is 0 Å². The van der Waals surface area contributed by atoms with Crippen LogP contribution in [-0.4, -0.2) is 42.3 Å². The zero-order valence-electron chi connectivity index (χ0n) is 15.3. The van der Waals surface area contributed by atoms with Crippen LogP contribution in [0, 0.1) is 0 Å². The zero-order chi connectivity index (χ0) is 18.8. The van der Waals surface area contributed by atoms with Gasteiger partial charge in [-0.25, -0.2) is 4.79 Å². The Balaban J connectivity index is 1.48. The van der Waals surface area contributed by atoms with Crippen LogP contribution < -0.4 is 4.90 Å². The van der Waals surface area contributed by atoms with Crippen molar-refractivity contribution in [1.29, 1.82) is 0 Å². The number of piperidine rings is 1. The number of thioether (sulfide) groups is 1. The van der Waals surface area contributed by atoms with Crippen LogP contribution in [0.25, 0.3) is 0 Å². The highest BCUT2D eigenvalue weighted by atomic mass is 32.2. The van der Waals surface area contributed by atoms with Gasteiger partial charge < -0.3 is 9.64 Å². The molecule has 2 aromatic carbocycles. The second-order valence-corrected chi connectivity index (χ2v) is 7.63. The summed E-state index contributed by atoms with van der Waals surface area (Å²) in [5, 5.41) is 0. The number of ether oxygens (including phenoxy) is 1. The molecular formula is C21H22N2O3S. The molecular weight excluding hydrogens is 360 g/mol. The molecule has 2 heterocycles. The quantitative estimate of drug-likeness (QED) is 0.748. The lowest BCUT2D eigenvalue weighted by molar-refractivity contribution is 0.0705. The third kappa shape index (κ3) is 3.41. The van der Waals surface area contributed by atoms with Crippen LogP contribution in [0.3, 0.4) is 0 Å². The van der Waals surface area contributed by atoms with Crippen LogP contribution >= 0.6 is 11.8 Å². The minimum absolute atomic E-state index is 0.0544. The van der Waals surface area contributed by atoms with Gasteiger partial charge in [0.15, 0.2) is 0 Å². The first kappa shape index (κ1) is 17.9. The number of rotatable bonds is 3. The first-order chi connectivity index (χ1) is 13.2. The summed E-state index contributed by atoms with van der Waals surface area (Å²) in [4.78, 5) is 30.0. The van der Waals surface area contributed by atoms with E-state index in [1.807, 2.05) is 59.7 Å². The number of likely N-dealkylation sites (tertiary alicyclic amines) is 1. The Kier molecular flexibility index (Phi) is 5.07. The van der Waals surface area contributed by atoms with Crippen molar-refractivity contribution in [2.24, 2.45) is 0 Å². The molecule has 0 saturated carbocycles. The maximum atomic E-state index is 12.9. The van der Waals surface area contributed by atoms with Crippen LogP contribution in [-0.2, 0) is 11.3 Å². The van der Waals surface area contributed by atoms with Gasteiger partial charge in [-0.1, -0.05) is 30.3 Å². The molecule has 27 heavy (non-hydrogen) atoms. The number of cyclic esters (lactones) is 1. The second-order valence-electron chi connectivity index (χ2n) is 6.78. The summed E-state index contributed by atoms with van der Waals surface area (Å²) in [5.41, 5.74) is 2.72. The van der Waals surface area contributed by atoms with Gasteiger partial charge in [0.25, 0.3) is 5.91 Å². The summed E-state index contributed by atoms with van der Waals surface area (Å²) in [7, 11) is 0. The molecule has 0 atom stereocenters. The molecule has 5 nitrogen and oxygen atoms in total. The molecule has 4 rings (SSSR count). The average Bonchev–Trinajstić information content (AvgIpc) is 2.73. The van der Waals surface area contributed by atoms with Crippen molar-refractivity contribution in [3.8, 4) is 0 Å². The van der Waals surface area contributed by atoms with E-state index in [2.05, 4.69) is 0 Å². The van der Waals surface area contributed by atoms with Crippen molar-refractivity contribution in [3.63, 3.8) is 0 Å². The molecule has 1 saturated heterocycles. The highest BCUT2D eigenvalue weighted by Gasteiger charge is 2.35. The Labute approximate surface area is 163 Å². The molecule has 0 aliphatic carbocycles. The fourth-order valence-electron chi connectivity index (χ4n) is 3.84. The van der Waals surface area contributed by atoms with Crippen molar-refractivity contribution in [2.75, 3.05) is 24.2 Å². The molecule has 6 heteroatoms. The Morgan fingerprint density at radius 2 is 1.78 bits per heavy atom. The van der Waals surface area contributed by atoms with Crippen LogP contribution in [0.4, 0.5) is 10.5 Å². The smallest absolute Gasteiger partial charge is 0.414 e. The summed E-state index contributed by atoms with van der Waals surface area (Å²) in [6.45, 7) is 1.60. The predicted molar refractivity (Wildman–Crippen MR) is 106 cm³/mol. The van der Waals surface area contributed by atoms with E-state index in [1.165, 1.54) is 0 Å². The average molecular weight is 382 g/mol. The maximum Gasteiger partial charge on any atom is 0.414 e. The Hall–Kier alpha value is -2.47. The summed E-state index contributed by atoms with van der Waals surface area (Å²) in [5.74, 6) is 0.0695. The van der Waals surface area contributed by atoms with Crippen LogP contribution in [0.15, 0.2) is 53.4 Å². The van der Waals surface area contributed by atoms with Gasteiger partial charge in [-0.3, -0.25) is 9.69 Å². The first-order valence-corrected chi connectivity index (χ1v) is 10.4. The Morgan fingerprint density at radius 1 is 1.07 bits per heavy atom. The van der Waals surface area contributed by atoms with Gasteiger partial charge in [-0.2, -0.15) is 0 Å². The number of fused-ring (bicyclic) bond motifs is 1. The van der Waals surface area contributed by atoms with Gasteiger partial charge in [-0.05, 0) is 37.3 Å². The first-order valence-electron chi connectivity index (χ1n) is 9.15. The lowest BCUT2D eigenvalue weighted by Crippen LogP contribution is -2.50. The SMILES string of the molecule is CSc1ccccc1C(=O)N1CCC(N2C(=O)OCc3ccccc32)CC1. The molecule has 2 amide bonds. The van der Waals surface area contributed by atoms with Gasteiger partial charge in [-0.15, -0.1) is 11.8 Å². The number of hydrogen-bond donors (Lipinski definition) is 0. The number of carbonyl (C=O) groups excluding carboxylic acids is 2. The van der Waals surface area contributed by atoms with Crippen LogP contribution in [0.5, 0.6) is 0 Å². The van der Waals surface area contributed by atoms with Crippen molar-refractivity contribution in [3.05, 3.63) is 59.7 Å². The number of benzene rings is 2. The molecule has 0 aromatic heterocycles. The summed E-state index contributed by atoms with van der Waals surface area (Å²) in [6, 6.07) is 15.6. The number of carbonyl (C=O) groups is 2. The number of anilines is 1. The molecule has 2 aromatic rings. The van der Waals surface area contributed by atoms with Crippen molar-refractivity contribution in [1.82, 2.24) is 4.90 Å². The van der Waals surface area contributed by atoms with E-state index in [0.29, 0.717) is 19.7 Å². The molecule has 0 bridgehead atoms. The van der Waals surface area contributed by atoms with E-state index in [9.17, 15) is 9.59 Å². The van der Waals surface area contributed by atoms with Crippen molar-refractivity contribution in [2.45, 2.75) is 30.4 Å². The Bertz CT molecular complexity index is 862. The topological polar surface area (TPSA) is 49.9 Å². The molecule has 0 radical (unpaired) electrons. The number of hydrogen-bond acceptors (Lipinski definition) is 4. The number of amides is 2. The third-order valence-electron chi connectivity index (χ3n) is 5.25. The van der Waals surface area contributed by atoms with E-state index in [1.54, 1.807) is 16.7 Å². The normalized spacial score (nSPS) is 17.4. The maximum absolute atomic E-state index is 12.9. The zero-order valence-corrected chi connectivity index (χ0v) is 16.1. The molecule has 2 aliphatic rings. The van der Waals surface area contributed by atoms with Gasteiger partial charge in [0, 0.05) is 29.6 Å². The lowest BCUT2D eigenvalue weighted by Gasteiger charge is -2.40. The molecule has 0 N–H and O–H groups in total. The number of nitrogens with zero attached hydrogens (tertiary/aromatic N) is 2. The number of para-hydroxylation sites is 1. The third-order valence-corrected chi connectivity index (χ3v) is 6.05. The van der Waals surface area contributed by atoms with E-state index in [0.717, 1.165) is 34.6 Å². The fraction of sp³-hybridized carbons (Fsp3) is 0.333. The van der Waals surface area contributed by atoms with Crippen LogP contribution in [0.2, 0.25) is 0 Å². The lowest BCUT2D eigenvalue weighted by atomic mass is 10.00. The van der Waals surface area contributed by atoms with E-state index in [4.69, 9.17) is 4.74 Å². The fourth-order valence-corrected chi connectivity index (χ4v) is 4.43. The molecule has 2 aliphatic heterocycles. The summed E-state index contributed by atoms with van der Waals surface area (Å²) >= 11 is 1.59. The van der Waals surface area contributed by atoms with Crippen LogP contribution in [0.1, 0.15) is 28.8 Å². The predicted octanol–water partition coefficient (Wildman–Crippen LogP) is 4.17. The highest BCUT2D eigenvalue weighted by Crippen LogP contribution is 2.32. The summed E-state index contributed by atoms with van der Waals surface area (Å²) in [6.07, 6.45) is 3.19. The van der Waals surface area contributed by atoms with E-state index >= 15 is 0 Å². The Morgan fingerprint density at radius 3 is 2.56 bits per heavy atom. The highest BCUT2D eigenvalue weighted by molar-refractivity contribution is 7.98. The van der Waals surface area contributed by atoms with Crippen molar-refractivity contribution < 1.29 is 14.3 Å². The monoisotopic (exact) mass is 382 g/mol. The van der Waals surface area contributed by atoms with Gasteiger partial charge >= 0.3 is 6.09 Å².